The first kappa shape index (κ1) is 10.3. The number of allylic oxidation sites excluding steroid dienone is 2. The zero-order valence-corrected chi connectivity index (χ0v) is 9.82. The average Bonchev–Trinajstić information content (AvgIpc) is 2.84. The molecule has 0 spiro atoms. The minimum absolute atomic E-state index is 0.100. The van der Waals surface area contributed by atoms with Gasteiger partial charge in [0, 0.05) is 0 Å². The fourth-order valence-electron chi connectivity index (χ4n) is 2.38. The van der Waals surface area contributed by atoms with E-state index in [1.807, 2.05) is 25.1 Å². The summed E-state index contributed by atoms with van der Waals surface area (Å²) < 4.78 is 5.55. The minimum atomic E-state index is 0.100. The Hall–Kier alpha value is -1.83. The highest BCUT2D eigenvalue weighted by atomic mass is 16.3. The number of aryl methyl sites for hydroxylation is 1. The molecule has 1 aromatic heterocycles. The van der Waals surface area contributed by atoms with Gasteiger partial charge in [0.1, 0.15) is 11.8 Å². The summed E-state index contributed by atoms with van der Waals surface area (Å²) >= 11 is 0. The predicted octanol–water partition coefficient (Wildman–Crippen LogP) is 3.67. The molecule has 2 nitrogen and oxygen atoms in total. The van der Waals surface area contributed by atoms with Crippen LogP contribution in [0.2, 0.25) is 0 Å². The monoisotopic (exact) mass is 226 g/mol. The van der Waals surface area contributed by atoms with Crippen LogP contribution in [-0.4, -0.2) is 0 Å². The van der Waals surface area contributed by atoms with Gasteiger partial charge in [0.15, 0.2) is 5.43 Å². The van der Waals surface area contributed by atoms with Gasteiger partial charge >= 0.3 is 0 Å². The normalized spacial score (nSPS) is 15.2. The molecule has 0 bridgehead atoms. The smallest absolute Gasteiger partial charge is 0.200 e. The SMILES string of the molecule is Cc1ccc2occ(C3=CCCC3)c(=O)c2c1. The molecule has 0 saturated carbocycles. The standard InChI is InChI=1S/C15H14O2/c1-10-6-7-14-12(8-10)15(16)13(9-17-14)11-4-2-3-5-11/h4,6-9H,2-3,5H2,1H3. The molecule has 3 rings (SSSR count). The third-order valence-corrected chi connectivity index (χ3v) is 3.31. The largest absolute Gasteiger partial charge is 0.463 e. The van der Waals surface area contributed by atoms with E-state index in [2.05, 4.69) is 6.08 Å². The maximum Gasteiger partial charge on any atom is 0.200 e. The molecule has 17 heavy (non-hydrogen) atoms. The van der Waals surface area contributed by atoms with Crippen LogP contribution in [0.15, 0.2) is 39.7 Å². The fraction of sp³-hybridized carbons (Fsp3) is 0.267. The molecule has 0 fully saturated rings. The zero-order valence-electron chi connectivity index (χ0n) is 9.82. The van der Waals surface area contributed by atoms with E-state index in [-0.39, 0.29) is 5.43 Å². The van der Waals surface area contributed by atoms with Crippen molar-refractivity contribution >= 4 is 16.5 Å². The van der Waals surface area contributed by atoms with Crippen molar-refractivity contribution in [2.24, 2.45) is 0 Å². The van der Waals surface area contributed by atoms with Crippen LogP contribution in [0.3, 0.4) is 0 Å². The van der Waals surface area contributed by atoms with E-state index in [9.17, 15) is 4.79 Å². The first-order valence-corrected chi connectivity index (χ1v) is 5.97. The van der Waals surface area contributed by atoms with Gasteiger partial charge in [-0.1, -0.05) is 17.7 Å². The summed E-state index contributed by atoms with van der Waals surface area (Å²) in [6, 6.07) is 5.72. The van der Waals surface area contributed by atoms with Crippen molar-refractivity contribution in [2.75, 3.05) is 0 Å². The molecule has 0 saturated heterocycles. The van der Waals surface area contributed by atoms with Crippen molar-refractivity contribution in [3.63, 3.8) is 0 Å². The van der Waals surface area contributed by atoms with Crippen LogP contribution in [0.4, 0.5) is 0 Å². The molecule has 0 unspecified atom stereocenters. The fourth-order valence-corrected chi connectivity index (χ4v) is 2.38. The van der Waals surface area contributed by atoms with E-state index in [0.717, 1.165) is 36.0 Å². The maximum absolute atomic E-state index is 12.4. The van der Waals surface area contributed by atoms with E-state index in [1.165, 1.54) is 0 Å². The van der Waals surface area contributed by atoms with E-state index in [4.69, 9.17) is 4.42 Å². The van der Waals surface area contributed by atoms with E-state index in [1.54, 1.807) is 6.26 Å². The third kappa shape index (κ3) is 1.70. The minimum Gasteiger partial charge on any atom is -0.463 e. The van der Waals surface area contributed by atoms with Crippen molar-refractivity contribution in [1.29, 1.82) is 0 Å². The first-order valence-electron chi connectivity index (χ1n) is 5.97. The van der Waals surface area contributed by atoms with Crippen molar-refractivity contribution in [3.8, 4) is 0 Å². The molecule has 1 aromatic carbocycles. The summed E-state index contributed by atoms with van der Waals surface area (Å²) in [6.45, 7) is 1.99. The second-order valence-corrected chi connectivity index (χ2v) is 4.60. The summed E-state index contributed by atoms with van der Waals surface area (Å²) in [5.74, 6) is 0. The molecule has 1 aliphatic rings. The number of hydrogen-bond acceptors (Lipinski definition) is 2. The van der Waals surface area contributed by atoms with Crippen LogP contribution in [0, 0.1) is 6.92 Å². The molecule has 0 atom stereocenters. The van der Waals surface area contributed by atoms with Gasteiger partial charge in [-0.3, -0.25) is 4.79 Å². The van der Waals surface area contributed by atoms with Gasteiger partial charge in [-0.2, -0.15) is 0 Å². The van der Waals surface area contributed by atoms with Crippen LogP contribution in [0.1, 0.15) is 30.4 Å². The maximum atomic E-state index is 12.4. The summed E-state index contributed by atoms with van der Waals surface area (Å²) in [7, 11) is 0. The molecule has 1 aliphatic carbocycles. The van der Waals surface area contributed by atoms with Crippen LogP contribution in [-0.2, 0) is 0 Å². The quantitative estimate of drug-likeness (QED) is 0.742. The lowest BCUT2D eigenvalue weighted by molar-refractivity contribution is 0.600. The van der Waals surface area contributed by atoms with Gasteiger partial charge in [0.2, 0.25) is 0 Å². The van der Waals surface area contributed by atoms with Crippen molar-refractivity contribution in [1.82, 2.24) is 0 Å². The molecule has 2 heteroatoms. The summed E-state index contributed by atoms with van der Waals surface area (Å²) in [4.78, 5) is 12.4. The highest BCUT2D eigenvalue weighted by Gasteiger charge is 2.13. The lowest BCUT2D eigenvalue weighted by Gasteiger charge is -2.03. The summed E-state index contributed by atoms with van der Waals surface area (Å²) in [5.41, 5.74) is 3.73. The number of hydrogen-bond donors (Lipinski definition) is 0. The van der Waals surface area contributed by atoms with Gasteiger partial charge in [-0.15, -0.1) is 0 Å². The number of rotatable bonds is 1. The topological polar surface area (TPSA) is 30.2 Å². The molecule has 2 aromatic rings. The molecule has 1 heterocycles. The van der Waals surface area contributed by atoms with Crippen LogP contribution >= 0.6 is 0 Å². The Morgan fingerprint density at radius 3 is 2.94 bits per heavy atom. The van der Waals surface area contributed by atoms with Crippen LogP contribution < -0.4 is 5.43 Å². The van der Waals surface area contributed by atoms with Gasteiger partial charge < -0.3 is 4.42 Å². The summed E-state index contributed by atoms with van der Waals surface area (Å²) in [5, 5.41) is 0.690. The van der Waals surface area contributed by atoms with Gasteiger partial charge in [0.25, 0.3) is 0 Å². The Morgan fingerprint density at radius 1 is 1.29 bits per heavy atom. The molecular formula is C15H14O2. The summed E-state index contributed by atoms with van der Waals surface area (Å²) in [6.07, 6.45) is 6.95. The van der Waals surface area contributed by atoms with E-state index < -0.39 is 0 Å². The zero-order chi connectivity index (χ0) is 11.8. The Morgan fingerprint density at radius 2 is 2.18 bits per heavy atom. The molecule has 0 N–H and O–H groups in total. The Bertz CT molecular complexity index is 662. The lowest BCUT2D eigenvalue weighted by Crippen LogP contribution is -2.07. The number of benzene rings is 1. The van der Waals surface area contributed by atoms with Crippen molar-refractivity contribution in [2.45, 2.75) is 26.2 Å². The highest BCUT2D eigenvalue weighted by molar-refractivity contribution is 5.81. The first-order chi connectivity index (χ1) is 8.25. The van der Waals surface area contributed by atoms with Gasteiger partial charge in [-0.25, -0.2) is 0 Å². The Balaban J connectivity index is 2.28. The van der Waals surface area contributed by atoms with Gasteiger partial charge in [-0.05, 0) is 43.9 Å². The van der Waals surface area contributed by atoms with E-state index >= 15 is 0 Å². The van der Waals surface area contributed by atoms with Crippen LogP contribution in [0.5, 0.6) is 0 Å². The van der Waals surface area contributed by atoms with Crippen molar-refractivity contribution < 1.29 is 4.42 Å². The Kier molecular flexibility index (Phi) is 2.36. The molecule has 86 valence electrons. The predicted molar refractivity (Wildman–Crippen MR) is 69.0 cm³/mol. The molecule has 0 aliphatic heterocycles. The van der Waals surface area contributed by atoms with Gasteiger partial charge in [0.05, 0.1) is 10.9 Å². The second-order valence-electron chi connectivity index (χ2n) is 4.60. The van der Waals surface area contributed by atoms with Crippen LogP contribution in [0.25, 0.3) is 16.5 Å². The second kappa shape index (κ2) is 3.88. The average molecular weight is 226 g/mol. The van der Waals surface area contributed by atoms with E-state index in [0.29, 0.717) is 11.0 Å². The highest BCUT2D eigenvalue weighted by Crippen LogP contribution is 2.26. The third-order valence-electron chi connectivity index (χ3n) is 3.31. The lowest BCUT2D eigenvalue weighted by atomic mass is 10.0. The molecule has 0 amide bonds. The molecular weight excluding hydrogens is 212 g/mol. The Labute approximate surface area is 99.6 Å². The van der Waals surface area contributed by atoms with Crippen molar-refractivity contribution in [3.05, 3.63) is 51.9 Å². The molecule has 0 radical (unpaired) electrons. The number of fused-ring (bicyclic) bond motifs is 1.